The Bertz CT molecular complexity index is 1080. The molecule has 2 aliphatic rings. The van der Waals surface area contributed by atoms with E-state index in [1.807, 2.05) is 0 Å². The molecule has 2 heterocycles. The van der Waals surface area contributed by atoms with Crippen molar-refractivity contribution in [3.63, 3.8) is 0 Å². The third-order valence-electron chi connectivity index (χ3n) is 8.03. The lowest BCUT2D eigenvalue weighted by Gasteiger charge is -2.34. The number of nitrogens with zero attached hydrogens (tertiary/aromatic N) is 2. The van der Waals surface area contributed by atoms with Crippen LogP contribution in [0.1, 0.15) is 91.2 Å². The summed E-state index contributed by atoms with van der Waals surface area (Å²) in [5.41, 5.74) is 5.97. The van der Waals surface area contributed by atoms with Crippen LogP contribution in [0.5, 0.6) is 0 Å². The fourth-order valence-electron chi connectivity index (χ4n) is 6.52. The molecule has 182 valence electrons. The average Bonchev–Trinajstić information content (AvgIpc) is 2.81. The molecule has 0 aromatic heterocycles. The van der Waals surface area contributed by atoms with Gasteiger partial charge >= 0.3 is 0 Å². The Morgan fingerprint density at radius 3 is 1.15 bits per heavy atom. The van der Waals surface area contributed by atoms with Crippen molar-refractivity contribution in [1.82, 2.24) is 0 Å². The molecule has 2 saturated heterocycles. The Hall–Kier alpha value is -2.22. The molecule has 0 unspecified atom stereocenters. The average molecular weight is 457 g/mol. The normalized spacial score (nSPS) is 18.2. The number of piperidine rings is 2. The van der Waals surface area contributed by atoms with Crippen molar-refractivity contribution >= 4 is 32.9 Å². The summed E-state index contributed by atoms with van der Waals surface area (Å²) in [7, 11) is 0. The first kappa shape index (κ1) is 23.5. The highest BCUT2D eigenvalue weighted by molar-refractivity contribution is 6.09. The fraction of sp³-hybridized carbons (Fsp3) is 0.562. The summed E-state index contributed by atoms with van der Waals surface area (Å²) in [6.45, 7) is 19.1. The first-order chi connectivity index (χ1) is 16.1. The first-order valence-corrected chi connectivity index (χ1v) is 13.7. The van der Waals surface area contributed by atoms with E-state index in [2.05, 4.69) is 87.7 Å². The molecule has 0 N–H and O–H groups in total. The maximum Gasteiger partial charge on any atom is 0.0372 e. The van der Waals surface area contributed by atoms with Gasteiger partial charge in [0, 0.05) is 37.6 Å². The lowest BCUT2D eigenvalue weighted by molar-refractivity contribution is 0.577. The van der Waals surface area contributed by atoms with Crippen LogP contribution < -0.4 is 9.80 Å². The molecule has 0 bridgehead atoms. The molecule has 2 fully saturated rings. The zero-order valence-electron chi connectivity index (χ0n) is 22.4. The Balaban J connectivity index is 1.81. The van der Waals surface area contributed by atoms with Crippen LogP contribution in [0, 0.1) is 0 Å². The van der Waals surface area contributed by atoms with Crippen molar-refractivity contribution in [2.75, 3.05) is 36.0 Å². The molecule has 3 aromatic rings. The van der Waals surface area contributed by atoms with Gasteiger partial charge in [-0.2, -0.15) is 0 Å². The largest absolute Gasteiger partial charge is 0.372 e. The highest BCUT2D eigenvalue weighted by Crippen LogP contribution is 2.45. The van der Waals surface area contributed by atoms with E-state index >= 15 is 0 Å². The lowest BCUT2D eigenvalue weighted by Crippen LogP contribution is -2.29. The summed E-state index contributed by atoms with van der Waals surface area (Å²) >= 11 is 0. The van der Waals surface area contributed by atoms with E-state index in [9.17, 15) is 0 Å². The van der Waals surface area contributed by atoms with E-state index in [1.165, 1.54) is 109 Å². The number of fused-ring (bicyclic) bond motifs is 2. The van der Waals surface area contributed by atoms with Crippen LogP contribution in [-0.4, -0.2) is 26.2 Å². The van der Waals surface area contributed by atoms with Crippen molar-refractivity contribution in [3.8, 4) is 0 Å². The van der Waals surface area contributed by atoms with E-state index in [0.717, 1.165) is 0 Å². The molecule has 0 radical (unpaired) electrons. The molecule has 2 nitrogen and oxygen atoms in total. The zero-order valence-corrected chi connectivity index (χ0v) is 22.4. The second-order valence-corrected chi connectivity index (χ2v) is 12.8. The van der Waals surface area contributed by atoms with Crippen LogP contribution in [0.3, 0.4) is 0 Å². The van der Waals surface area contributed by atoms with E-state index in [-0.39, 0.29) is 10.8 Å². The second kappa shape index (κ2) is 8.77. The van der Waals surface area contributed by atoms with Crippen LogP contribution in [0.15, 0.2) is 36.4 Å². The highest BCUT2D eigenvalue weighted by atomic mass is 15.1. The van der Waals surface area contributed by atoms with Crippen molar-refractivity contribution < 1.29 is 0 Å². The summed E-state index contributed by atoms with van der Waals surface area (Å²) in [5.74, 6) is 0. The quantitative estimate of drug-likeness (QED) is 0.356. The van der Waals surface area contributed by atoms with Crippen LogP contribution in [-0.2, 0) is 10.8 Å². The van der Waals surface area contributed by atoms with E-state index < -0.39 is 0 Å². The molecule has 0 atom stereocenters. The number of rotatable bonds is 2. The molecule has 5 rings (SSSR count). The van der Waals surface area contributed by atoms with Crippen LogP contribution in [0.2, 0.25) is 0 Å². The molecule has 0 spiro atoms. The van der Waals surface area contributed by atoms with Crippen LogP contribution in [0.4, 0.5) is 11.4 Å². The van der Waals surface area contributed by atoms with Gasteiger partial charge in [0.2, 0.25) is 0 Å². The fourth-order valence-corrected chi connectivity index (χ4v) is 6.52. The second-order valence-electron chi connectivity index (χ2n) is 12.8. The molecule has 0 saturated carbocycles. The topological polar surface area (TPSA) is 6.48 Å². The molecule has 0 aliphatic carbocycles. The van der Waals surface area contributed by atoms with Crippen LogP contribution in [0.25, 0.3) is 21.5 Å². The summed E-state index contributed by atoms with van der Waals surface area (Å²) < 4.78 is 0. The highest BCUT2D eigenvalue weighted by Gasteiger charge is 2.28. The first-order valence-electron chi connectivity index (χ1n) is 13.7. The van der Waals surface area contributed by atoms with Gasteiger partial charge in [0.05, 0.1) is 0 Å². The standard InChI is InChI=1S/C32H44N2/c1-31(2,3)29-25-15-13-24(34-19-11-8-12-20-34)22-28(25)30(32(4,5)6)26-16-14-23(21-27(26)29)33-17-9-7-10-18-33/h13-16,21-22H,7-12,17-20H2,1-6H3. The maximum atomic E-state index is 2.61. The predicted octanol–water partition coefficient (Wildman–Crippen LogP) is 8.57. The van der Waals surface area contributed by atoms with Gasteiger partial charge in [0.25, 0.3) is 0 Å². The van der Waals surface area contributed by atoms with E-state index in [1.54, 1.807) is 0 Å². The number of hydrogen-bond acceptors (Lipinski definition) is 2. The summed E-state index contributed by atoms with van der Waals surface area (Å²) in [6, 6.07) is 14.7. The van der Waals surface area contributed by atoms with E-state index in [4.69, 9.17) is 0 Å². The van der Waals surface area contributed by atoms with Gasteiger partial charge in [-0.3, -0.25) is 0 Å². The Morgan fingerprint density at radius 1 is 0.471 bits per heavy atom. The summed E-state index contributed by atoms with van der Waals surface area (Å²) in [6.07, 6.45) is 8.00. The molecular weight excluding hydrogens is 412 g/mol. The van der Waals surface area contributed by atoms with Crippen LogP contribution >= 0.6 is 0 Å². The van der Waals surface area contributed by atoms with Gasteiger partial charge in [-0.25, -0.2) is 0 Å². The monoisotopic (exact) mass is 456 g/mol. The molecule has 0 amide bonds. The summed E-state index contributed by atoms with van der Waals surface area (Å²) in [5, 5.41) is 5.81. The molecule has 3 aromatic carbocycles. The molecule has 2 aliphatic heterocycles. The third kappa shape index (κ3) is 4.30. The van der Waals surface area contributed by atoms with Crippen molar-refractivity contribution in [2.24, 2.45) is 0 Å². The predicted molar refractivity (Wildman–Crippen MR) is 151 cm³/mol. The van der Waals surface area contributed by atoms with Crippen molar-refractivity contribution in [2.45, 2.75) is 90.9 Å². The Labute approximate surface area is 207 Å². The minimum absolute atomic E-state index is 0.0695. The number of benzene rings is 3. The van der Waals surface area contributed by atoms with Gasteiger partial charge in [0.1, 0.15) is 0 Å². The molecular formula is C32H44N2. The minimum atomic E-state index is 0.0695. The SMILES string of the molecule is CC(C)(C)c1c2ccc(N3CCCCC3)cc2c(C(C)(C)C)c2ccc(N3CCCCC3)cc12. The van der Waals surface area contributed by atoms with Gasteiger partial charge < -0.3 is 9.80 Å². The van der Waals surface area contributed by atoms with Gasteiger partial charge in [0.15, 0.2) is 0 Å². The third-order valence-corrected chi connectivity index (χ3v) is 8.03. The lowest BCUT2D eigenvalue weighted by atomic mass is 9.74. The van der Waals surface area contributed by atoms with Crippen molar-refractivity contribution in [3.05, 3.63) is 47.5 Å². The smallest absolute Gasteiger partial charge is 0.0372 e. The van der Waals surface area contributed by atoms with Gasteiger partial charge in [-0.05, 0) is 106 Å². The zero-order chi connectivity index (χ0) is 24.1. The minimum Gasteiger partial charge on any atom is -0.372 e. The van der Waals surface area contributed by atoms with Crippen molar-refractivity contribution in [1.29, 1.82) is 0 Å². The molecule has 34 heavy (non-hydrogen) atoms. The summed E-state index contributed by atoms with van der Waals surface area (Å²) in [4.78, 5) is 5.21. The Kier molecular flexibility index (Phi) is 6.07. The Morgan fingerprint density at radius 2 is 0.824 bits per heavy atom. The number of anilines is 2. The van der Waals surface area contributed by atoms with Gasteiger partial charge in [-0.15, -0.1) is 0 Å². The van der Waals surface area contributed by atoms with E-state index in [0.29, 0.717) is 0 Å². The maximum absolute atomic E-state index is 2.61. The molecule has 2 heteroatoms. The number of hydrogen-bond donors (Lipinski definition) is 0. The van der Waals surface area contributed by atoms with Gasteiger partial charge in [-0.1, -0.05) is 53.7 Å².